The molecule has 4 heterocycles. The molecule has 2 aliphatic heterocycles. The van der Waals surface area contributed by atoms with Crippen LogP contribution in [0.15, 0.2) is 36.1 Å². The molecule has 0 unspecified atom stereocenters. The molecular weight excluding hydrogens is 308 g/mol. The molecule has 0 bridgehead atoms. The number of thiazole rings is 1. The van der Waals surface area contributed by atoms with Gasteiger partial charge in [0.05, 0.1) is 6.54 Å². The Balaban J connectivity index is 1.49. The summed E-state index contributed by atoms with van der Waals surface area (Å²) in [6.07, 6.45) is 8.10. The minimum Gasteiger partial charge on any atom is -0.350 e. The van der Waals surface area contributed by atoms with Crippen molar-refractivity contribution in [3.8, 4) is 0 Å². The van der Waals surface area contributed by atoms with E-state index in [9.17, 15) is 4.79 Å². The molecule has 2 aromatic heterocycles. The first-order chi connectivity index (χ1) is 11.3. The average Bonchev–Trinajstić information content (AvgIpc) is 3.19. The molecule has 2 saturated heterocycles. The fourth-order valence-electron chi connectivity index (χ4n) is 3.94. The van der Waals surface area contributed by atoms with Gasteiger partial charge < -0.3 is 5.32 Å². The second kappa shape index (κ2) is 6.02. The van der Waals surface area contributed by atoms with Gasteiger partial charge in [-0.15, -0.1) is 11.3 Å². The predicted octanol–water partition coefficient (Wildman–Crippen LogP) is 2.18. The van der Waals surface area contributed by atoms with Crippen LogP contribution in [0.4, 0.5) is 0 Å². The second-order valence-corrected chi connectivity index (χ2v) is 7.42. The highest BCUT2D eigenvalue weighted by Crippen LogP contribution is 2.43. The maximum absolute atomic E-state index is 12.1. The summed E-state index contributed by atoms with van der Waals surface area (Å²) in [5.41, 5.74) is 1.14. The van der Waals surface area contributed by atoms with Gasteiger partial charge >= 0.3 is 0 Å². The molecule has 120 valence electrons. The predicted molar refractivity (Wildman–Crippen MR) is 89.1 cm³/mol. The third kappa shape index (κ3) is 2.88. The number of piperidine rings is 1. The van der Waals surface area contributed by atoms with E-state index in [2.05, 4.69) is 32.3 Å². The first kappa shape index (κ1) is 14.8. The minimum atomic E-state index is -0.0855. The van der Waals surface area contributed by atoms with Gasteiger partial charge in [0.1, 0.15) is 5.01 Å². The van der Waals surface area contributed by atoms with E-state index in [1.165, 1.54) is 10.6 Å². The van der Waals surface area contributed by atoms with Crippen molar-refractivity contribution in [3.05, 3.63) is 46.7 Å². The zero-order chi connectivity index (χ0) is 15.7. The van der Waals surface area contributed by atoms with Gasteiger partial charge in [-0.2, -0.15) is 0 Å². The van der Waals surface area contributed by atoms with Crippen molar-refractivity contribution in [3.63, 3.8) is 0 Å². The molecule has 1 spiro atoms. The van der Waals surface area contributed by atoms with Crippen molar-refractivity contribution in [1.29, 1.82) is 0 Å². The molecule has 23 heavy (non-hydrogen) atoms. The van der Waals surface area contributed by atoms with E-state index in [-0.39, 0.29) is 17.4 Å². The summed E-state index contributed by atoms with van der Waals surface area (Å²) in [5, 5.41) is 6.49. The molecule has 0 aliphatic carbocycles. The summed E-state index contributed by atoms with van der Waals surface area (Å²) in [6.45, 7) is 2.92. The van der Waals surface area contributed by atoms with Gasteiger partial charge in [0, 0.05) is 54.9 Å². The standard InChI is InChI=1S/C17H20N4OS/c22-15-11-14(13-1-5-18-6-2-13)17(20-15)3-8-21(9-4-17)12-16-19-7-10-23-16/h1-2,5-7,10,14H,3-4,8-9,11-12H2,(H,20,22)/t14-/m0/s1. The van der Waals surface area contributed by atoms with Crippen molar-refractivity contribution >= 4 is 17.2 Å². The summed E-state index contributed by atoms with van der Waals surface area (Å²) in [7, 11) is 0. The number of hydrogen-bond acceptors (Lipinski definition) is 5. The Morgan fingerprint density at radius 2 is 2.04 bits per heavy atom. The van der Waals surface area contributed by atoms with Crippen LogP contribution in [-0.4, -0.2) is 39.4 Å². The van der Waals surface area contributed by atoms with Gasteiger partial charge in [0.2, 0.25) is 5.91 Å². The highest BCUT2D eigenvalue weighted by Gasteiger charge is 2.48. The van der Waals surface area contributed by atoms with Crippen LogP contribution < -0.4 is 5.32 Å². The lowest BCUT2D eigenvalue weighted by Gasteiger charge is -2.42. The van der Waals surface area contributed by atoms with Gasteiger partial charge in [-0.25, -0.2) is 4.98 Å². The number of likely N-dealkylation sites (tertiary alicyclic amines) is 1. The summed E-state index contributed by atoms with van der Waals surface area (Å²) in [4.78, 5) is 23.0. The first-order valence-electron chi connectivity index (χ1n) is 8.07. The van der Waals surface area contributed by atoms with Gasteiger partial charge in [-0.1, -0.05) is 0 Å². The Morgan fingerprint density at radius 3 is 2.74 bits per heavy atom. The fourth-order valence-corrected chi connectivity index (χ4v) is 4.59. The quantitative estimate of drug-likeness (QED) is 0.938. The minimum absolute atomic E-state index is 0.0855. The molecular formula is C17H20N4OS. The summed E-state index contributed by atoms with van der Waals surface area (Å²) in [6, 6.07) is 4.10. The van der Waals surface area contributed by atoms with Crippen LogP contribution in [0.5, 0.6) is 0 Å². The Kier molecular flexibility index (Phi) is 3.87. The summed E-state index contributed by atoms with van der Waals surface area (Å²) in [5.74, 6) is 0.445. The van der Waals surface area contributed by atoms with Crippen LogP contribution in [0.2, 0.25) is 0 Å². The first-order valence-corrected chi connectivity index (χ1v) is 8.95. The van der Waals surface area contributed by atoms with E-state index in [1.807, 2.05) is 24.0 Å². The number of amides is 1. The van der Waals surface area contributed by atoms with E-state index >= 15 is 0 Å². The number of hydrogen-bond donors (Lipinski definition) is 1. The third-order valence-electron chi connectivity index (χ3n) is 5.14. The van der Waals surface area contributed by atoms with E-state index < -0.39 is 0 Å². The average molecular weight is 328 g/mol. The molecule has 2 aromatic rings. The van der Waals surface area contributed by atoms with Gasteiger partial charge in [-0.3, -0.25) is 14.7 Å². The molecule has 2 aliphatic rings. The lowest BCUT2D eigenvalue weighted by Crippen LogP contribution is -2.53. The summed E-state index contributed by atoms with van der Waals surface area (Å²) >= 11 is 1.71. The smallest absolute Gasteiger partial charge is 0.221 e. The number of carbonyl (C=O) groups excluding carboxylic acids is 1. The maximum atomic E-state index is 12.1. The van der Waals surface area contributed by atoms with Crippen LogP contribution >= 0.6 is 11.3 Å². The molecule has 0 aromatic carbocycles. The maximum Gasteiger partial charge on any atom is 0.221 e. The van der Waals surface area contributed by atoms with Gasteiger partial charge in [-0.05, 0) is 30.5 Å². The molecule has 0 saturated carbocycles. The van der Waals surface area contributed by atoms with Crippen LogP contribution in [0.25, 0.3) is 0 Å². The SMILES string of the molecule is O=C1C[C@@H](c2ccncc2)C2(CCN(Cc3nccs3)CC2)N1. The Bertz CT molecular complexity index is 665. The van der Waals surface area contributed by atoms with E-state index in [4.69, 9.17) is 0 Å². The fraction of sp³-hybridized carbons (Fsp3) is 0.471. The molecule has 4 rings (SSSR count). The number of nitrogens with one attached hydrogen (secondary N) is 1. The van der Waals surface area contributed by atoms with Crippen LogP contribution in [0, 0.1) is 0 Å². The third-order valence-corrected chi connectivity index (χ3v) is 5.91. The van der Waals surface area contributed by atoms with Crippen LogP contribution in [-0.2, 0) is 11.3 Å². The van der Waals surface area contributed by atoms with Gasteiger partial charge in [0.25, 0.3) is 0 Å². The normalized spacial score (nSPS) is 24.0. The zero-order valence-corrected chi connectivity index (χ0v) is 13.8. The molecule has 1 N–H and O–H groups in total. The number of aromatic nitrogens is 2. The molecule has 2 fully saturated rings. The van der Waals surface area contributed by atoms with Crippen LogP contribution in [0.1, 0.15) is 35.8 Å². The summed E-state index contributed by atoms with van der Waals surface area (Å²) < 4.78 is 0. The number of rotatable bonds is 3. The lowest BCUT2D eigenvalue weighted by atomic mass is 9.74. The van der Waals surface area contributed by atoms with Crippen molar-refractivity contribution in [2.45, 2.75) is 37.3 Å². The van der Waals surface area contributed by atoms with E-state index in [0.717, 1.165) is 32.5 Å². The van der Waals surface area contributed by atoms with Crippen molar-refractivity contribution < 1.29 is 4.79 Å². The highest BCUT2D eigenvalue weighted by atomic mass is 32.1. The molecule has 1 atom stereocenters. The Morgan fingerprint density at radius 1 is 1.26 bits per heavy atom. The lowest BCUT2D eigenvalue weighted by molar-refractivity contribution is -0.120. The molecule has 0 radical (unpaired) electrons. The van der Waals surface area contributed by atoms with Crippen molar-refractivity contribution in [2.24, 2.45) is 0 Å². The molecule has 1 amide bonds. The Hall–Kier alpha value is -1.79. The zero-order valence-electron chi connectivity index (χ0n) is 12.9. The van der Waals surface area contributed by atoms with Crippen molar-refractivity contribution in [2.75, 3.05) is 13.1 Å². The monoisotopic (exact) mass is 328 g/mol. The number of nitrogens with zero attached hydrogens (tertiary/aromatic N) is 3. The second-order valence-electron chi connectivity index (χ2n) is 6.44. The number of pyridine rings is 1. The van der Waals surface area contributed by atoms with E-state index in [1.54, 1.807) is 11.3 Å². The molecule has 6 heteroatoms. The van der Waals surface area contributed by atoms with Crippen molar-refractivity contribution in [1.82, 2.24) is 20.2 Å². The topological polar surface area (TPSA) is 58.1 Å². The van der Waals surface area contributed by atoms with Crippen LogP contribution in [0.3, 0.4) is 0 Å². The van der Waals surface area contributed by atoms with Gasteiger partial charge in [0.15, 0.2) is 0 Å². The van der Waals surface area contributed by atoms with E-state index in [0.29, 0.717) is 6.42 Å². The highest BCUT2D eigenvalue weighted by molar-refractivity contribution is 7.09. The number of carbonyl (C=O) groups is 1. The largest absolute Gasteiger partial charge is 0.350 e. The Labute approximate surface area is 139 Å². The molecule has 5 nitrogen and oxygen atoms in total.